The van der Waals surface area contributed by atoms with E-state index in [0.717, 1.165) is 12.0 Å². The van der Waals surface area contributed by atoms with Gasteiger partial charge in [0.25, 0.3) is 0 Å². The number of nitrogens with one attached hydrogen (secondary N) is 1. The van der Waals surface area contributed by atoms with Gasteiger partial charge in [-0.15, -0.1) is 0 Å². The zero-order valence-electron chi connectivity index (χ0n) is 14.4. The van der Waals surface area contributed by atoms with Crippen LogP contribution < -0.4 is 5.32 Å². The van der Waals surface area contributed by atoms with Crippen molar-refractivity contribution in [3.05, 3.63) is 0 Å². The maximum Gasteiger partial charge on any atom is 0.0110 e. The van der Waals surface area contributed by atoms with Gasteiger partial charge in [-0.2, -0.15) is 0 Å². The molecule has 0 radical (unpaired) electrons. The Morgan fingerprint density at radius 2 is 1.81 bits per heavy atom. The van der Waals surface area contributed by atoms with Gasteiger partial charge in [-0.05, 0) is 51.7 Å². The van der Waals surface area contributed by atoms with E-state index in [1.165, 1.54) is 90.6 Å². The second-order valence-electron chi connectivity index (χ2n) is 7.31. The van der Waals surface area contributed by atoms with Crippen LogP contribution in [-0.2, 0) is 0 Å². The molecule has 0 aromatic heterocycles. The van der Waals surface area contributed by atoms with Crippen molar-refractivity contribution in [1.82, 2.24) is 15.1 Å². The van der Waals surface area contributed by atoms with Crippen molar-refractivity contribution in [2.45, 2.75) is 64.3 Å². The minimum absolute atomic E-state index is 0.805. The van der Waals surface area contributed by atoms with E-state index in [9.17, 15) is 0 Å². The van der Waals surface area contributed by atoms with Crippen LogP contribution in [0.25, 0.3) is 0 Å². The summed E-state index contributed by atoms with van der Waals surface area (Å²) in [5.74, 6) is 1.02. The molecule has 0 spiro atoms. The lowest BCUT2D eigenvalue weighted by molar-refractivity contribution is 0.152. The second kappa shape index (κ2) is 9.81. The van der Waals surface area contributed by atoms with Crippen LogP contribution in [0.3, 0.4) is 0 Å². The minimum Gasteiger partial charge on any atom is -0.314 e. The summed E-state index contributed by atoms with van der Waals surface area (Å²) >= 11 is 0. The van der Waals surface area contributed by atoms with Gasteiger partial charge in [-0.1, -0.05) is 32.6 Å². The molecule has 21 heavy (non-hydrogen) atoms. The van der Waals surface area contributed by atoms with E-state index in [4.69, 9.17) is 0 Å². The summed E-state index contributed by atoms with van der Waals surface area (Å²) in [7, 11) is 2.23. The van der Waals surface area contributed by atoms with Crippen molar-refractivity contribution < 1.29 is 0 Å². The molecule has 2 fully saturated rings. The lowest BCUT2D eigenvalue weighted by Gasteiger charge is -2.32. The van der Waals surface area contributed by atoms with Crippen molar-refractivity contribution in [2.75, 3.05) is 46.3 Å². The first-order valence-corrected chi connectivity index (χ1v) is 9.42. The molecule has 0 aromatic carbocycles. The van der Waals surface area contributed by atoms with Crippen LogP contribution in [0.5, 0.6) is 0 Å². The van der Waals surface area contributed by atoms with Crippen molar-refractivity contribution in [3.63, 3.8) is 0 Å². The maximum absolute atomic E-state index is 3.84. The fourth-order valence-corrected chi connectivity index (χ4v) is 3.96. The van der Waals surface area contributed by atoms with Crippen LogP contribution in [0.1, 0.15) is 58.3 Å². The summed E-state index contributed by atoms with van der Waals surface area (Å²) in [6.07, 6.45) is 11.4. The third kappa shape index (κ3) is 6.66. The number of piperazine rings is 1. The maximum atomic E-state index is 3.84. The molecule has 2 aliphatic rings. The molecule has 0 aromatic rings. The first-order valence-electron chi connectivity index (χ1n) is 9.42. The quantitative estimate of drug-likeness (QED) is 0.575. The molecule has 2 rings (SSSR count). The Morgan fingerprint density at radius 3 is 2.57 bits per heavy atom. The molecule has 124 valence electrons. The molecule has 2 atom stereocenters. The molecule has 0 bridgehead atoms. The highest BCUT2D eigenvalue weighted by Crippen LogP contribution is 2.26. The van der Waals surface area contributed by atoms with Crippen LogP contribution >= 0.6 is 0 Å². The largest absolute Gasteiger partial charge is 0.314 e. The average molecular weight is 296 g/mol. The average Bonchev–Trinajstić information content (AvgIpc) is 2.71. The Balaban J connectivity index is 1.52. The molecule has 0 amide bonds. The number of hydrogen-bond acceptors (Lipinski definition) is 3. The first-order chi connectivity index (χ1) is 10.3. The van der Waals surface area contributed by atoms with E-state index < -0.39 is 0 Å². The van der Waals surface area contributed by atoms with E-state index in [1.807, 2.05) is 0 Å². The summed E-state index contributed by atoms with van der Waals surface area (Å²) < 4.78 is 0. The third-order valence-electron chi connectivity index (χ3n) is 5.47. The van der Waals surface area contributed by atoms with Crippen molar-refractivity contribution in [3.8, 4) is 0 Å². The normalized spacial score (nSPS) is 29.4. The number of nitrogens with zero attached hydrogens (tertiary/aromatic N) is 2. The van der Waals surface area contributed by atoms with Gasteiger partial charge in [0.05, 0.1) is 0 Å². The zero-order valence-corrected chi connectivity index (χ0v) is 14.4. The predicted octanol–water partition coefficient (Wildman–Crippen LogP) is 2.96. The SMILES string of the molecule is CCCC1CCCC(NCCCN2CCN(C)CC2)CC1. The van der Waals surface area contributed by atoms with Crippen LogP contribution in [-0.4, -0.2) is 62.2 Å². The summed E-state index contributed by atoms with van der Waals surface area (Å²) in [5, 5.41) is 3.84. The highest BCUT2D eigenvalue weighted by Gasteiger charge is 2.18. The number of likely N-dealkylation sites (N-methyl/N-ethyl adjacent to an activating group) is 1. The fourth-order valence-electron chi connectivity index (χ4n) is 3.96. The Morgan fingerprint density at radius 1 is 1.00 bits per heavy atom. The summed E-state index contributed by atoms with van der Waals surface area (Å²) in [4.78, 5) is 5.07. The molecule has 1 heterocycles. The van der Waals surface area contributed by atoms with E-state index in [0.29, 0.717) is 0 Å². The Bertz CT molecular complexity index is 261. The monoisotopic (exact) mass is 295 g/mol. The molecule has 1 aliphatic carbocycles. The van der Waals surface area contributed by atoms with E-state index >= 15 is 0 Å². The highest BCUT2D eigenvalue weighted by molar-refractivity contribution is 4.75. The second-order valence-corrected chi connectivity index (χ2v) is 7.31. The standard InChI is InChI=1S/C18H37N3/c1-3-6-17-7-4-8-18(10-9-17)19-11-5-12-21-15-13-20(2)14-16-21/h17-19H,3-16H2,1-2H3. The van der Waals surface area contributed by atoms with E-state index in [1.54, 1.807) is 0 Å². The minimum atomic E-state index is 0.805. The Labute approximate surface area is 132 Å². The molecule has 1 N–H and O–H groups in total. The van der Waals surface area contributed by atoms with Gasteiger partial charge in [0, 0.05) is 32.2 Å². The van der Waals surface area contributed by atoms with E-state index in [2.05, 4.69) is 29.1 Å². The molecule has 1 saturated heterocycles. The molecule has 3 nitrogen and oxygen atoms in total. The molecule has 1 saturated carbocycles. The molecule has 2 unspecified atom stereocenters. The van der Waals surface area contributed by atoms with Gasteiger partial charge in [0.15, 0.2) is 0 Å². The lowest BCUT2D eigenvalue weighted by Crippen LogP contribution is -2.45. The van der Waals surface area contributed by atoms with Gasteiger partial charge in [-0.25, -0.2) is 0 Å². The topological polar surface area (TPSA) is 18.5 Å². The molecule has 1 aliphatic heterocycles. The number of rotatable bonds is 7. The smallest absolute Gasteiger partial charge is 0.0110 e. The molecular weight excluding hydrogens is 258 g/mol. The van der Waals surface area contributed by atoms with Crippen LogP contribution in [0.2, 0.25) is 0 Å². The van der Waals surface area contributed by atoms with Crippen LogP contribution in [0.4, 0.5) is 0 Å². The number of hydrogen-bond donors (Lipinski definition) is 1. The van der Waals surface area contributed by atoms with Crippen LogP contribution in [0.15, 0.2) is 0 Å². The first kappa shape index (κ1) is 17.2. The van der Waals surface area contributed by atoms with Crippen molar-refractivity contribution in [2.24, 2.45) is 5.92 Å². The van der Waals surface area contributed by atoms with Gasteiger partial charge < -0.3 is 15.1 Å². The van der Waals surface area contributed by atoms with Gasteiger partial charge in [0.2, 0.25) is 0 Å². The summed E-state index contributed by atoms with van der Waals surface area (Å²) in [6, 6.07) is 0.805. The van der Waals surface area contributed by atoms with Gasteiger partial charge >= 0.3 is 0 Å². The molecular formula is C18H37N3. The Hall–Kier alpha value is -0.120. The van der Waals surface area contributed by atoms with Gasteiger partial charge in [-0.3, -0.25) is 0 Å². The zero-order chi connectivity index (χ0) is 14.9. The third-order valence-corrected chi connectivity index (χ3v) is 5.47. The Kier molecular flexibility index (Phi) is 8.05. The lowest BCUT2D eigenvalue weighted by atomic mass is 9.95. The van der Waals surface area contributed by atoms with Crippen molar-refractivity contribution >= 4 is 0 Å². The van der Waals surface area contributed by atoms with Crippen LogP contribution in [0, 0.1) is 5.92 Å². The van der Waals surface area contributed by atoms with Gasteiger partial charge in [0.1, 0.15) is 0 Å². The van der Waals surface area contributed by atoms with Crippen molar-refractivity contribution in [1.29, 1.82) is 0 Å². The fraction of sp³-hybridized carbons (Fsp3) is 1.00. The molecule has 3 heteroatoms. The predicted molar refractivity (Wildman–Crippen MR) is 91.8 cm³/mol. The highest BCUT2D eigenvalue weighted by atomic mass is 15.2. The van der Waals surface area contributed by atoms with E-state index in [-0.39, 0.29) is 0 Å². The summed E-state index contributed by atoms with van der Waals surface area (Å²) in [6.45, 7) is 9.85. The summed E-state index contributed by atoms with van der Waals surface area (Å²) in [5.41, 5.74) is 0.